The summed E-state index contributed by atoms with van der Waals surface area (Å²) in [6, 6.07) is 0. The Hall–Kier alpha value is -4.23. The molecule has 0 radical (unpaired) electrons. The molecule has 80 heavy (non-hydrogen) atoms. The molecule has 1 aliphatic rings. The number of fused-ring (bicyclic) bond motifs is 6. The van der Waals surface area contributed by atoms with Gasteiger partial charge in [0.1, 0.15) is 243 Å². The molecule has 1 unspecified atom stereocenters. The van der Waals surface area contributed by atoms with Gasteiger partial charge >= 0.3 is 0 Å². The van der Waals surface area contributed by atoms with Crippen molar-refractivity contribution in [3.05, 3.63) is 16.0 Å². The van der Waals surface area contributed by atoms with E-state index < -0.39 is 0 Å². The Balaban J connectivity index is 1.41. The largest absolute Gasteiger partial charge is 0.140 e. The lowest BCUT2D eigenvalue weighted by atomic mass is 9.55. The van der Waals surface area contributed by atoms with Gasteiger partial charge in [-0.3, -0.25) is 0 Å². The monoisotopic (exact) mass is 993 g/mol. The van der Waals surface area contributed by atoms with E-state index in [4.69, 9.17) is 0 Å². The molecular weight excluding hydrogens is 924 g/mol. The van der Waals surface area contributed by atoms with E-state index in [0.29, 0.717) is 0 Å². The zero-order valence-corrected chi connectivity index (χ0v) is 55.6. The second-order valence-corrected chi connectivity index (χ2v) is 26.3. The van der Waals surface area contributed by atoms with Gasteiger partial charge in [-0.1, -0.05) is 109 Å². The lowest BCUT2D eigenvalue weighted by Crippen LogP contribution is -2.60. The molecule has 0 spiro atoms. The predicted octanol–water partition coefficient (Wildman–Crippen LogP) is -40.9. The number of rotatable bonds is 4. The molecule has 352 valence electrons. The van der Waals surface area contributed by atoms with Gasteiger partial charge in [0, 0.05) is 5.92 Å². The fourth-order valence-electron chi connectivity index (χ4n) is 16.9. The number of hydrogen-bond donors (Lipinski definition) is 0. The molecule has 0 N–H and O–H groups in total. The molecule has 9 aromatic rings. The van der Waals surface area contributed by atoms with Crippen molar-refractivity contribution in [3.63, 3.8) is 0 Å². The lowest BCUT2D eigenvalue weighted by Gasteiger charge is -2.33. The van der Waals surface area contributed by atoms with E-state index >= 15 is 0 Å². The first-order valence-corrected chi connectivity index (χ1v) is 30.1. The third-order valence-corrected chi connectivity index (χ3v) is 23.7. The predicted molar refractivity (Wildman–Crippen MR) is 462 cm³/mol. The highest BCUT2D eigenvalue weighted by Gasteiger charge is 2.35. The highest BCUT2D eigenvalue weighted by molar-refractivity contribution is 6.77. The van der Waals surface area contributed by atoms with Crippen LogP contribution in [0.25, 0.3) is 87.4 Å². The fourth-order valence-corrected chi connectivity index (χ4v) is 16.9. The van der Waals surface area contributed by atoms with Crippen LogP contribution in [0.4, 0.5) is 0 Å². The first kappa shape index (κ1) is 59.0. The van der Waals surface area contributed by atoms with Gasteiger partial charge < -0.3 is 0 Å². The van der Waals surface area contributed by atoms with Crippen LogP contribution in [0.15, 0.2) is 0 Å². The van der Waals surface area contributed by atoms with Crippen LogP contribution in [0, 0.1) is 0 Å². The summed E-state index contributed by atoms with van der Waals surface area (Å²) in [5.41, 5.74) is 54.0. The van der Waals surface area contributed by atoms with Crippen molar-refractivity contribution in [3.8, 4) is 33.4 Å². The molecule has 31 heteroatoms. The van der Waals surface area contributed by atoms with E-state index in [1.54, 1.807) is 0 Å². The minimum Gasteiger partial charge on any atom is -0.102 e. The second kappa shape index (κ2) is 20.0. The van der Waals surface area contributed by atoms with E-state index in [1.807, 2.05) is 0 Å². The fraction of sp³-hybridized carbons (Fsp3) is 0.0204. The Morgan fingerprint density at radius 1 is 0.138 bits per heavy atom. The van der Waals surface area contributed by atoms with E-state index in [2.05, 4.69) is 243 Å². The Morgan fingerprint density at radius 2 is 0.350 bits per heavy atom. The molecule has 9 aromatic carbocycles. The Labute approximate surface area is 507 Å². The summed E-state index contributed by atoms with van der Waals surface area (Å²) in [7, 11) is 74.7. The molecule has 0 aromatic heterocycles. The molecule has 0 bridgehead atoms. The Bertz CT molecular complexity index is 4520. The third kappa shape index (κ3) is 7.53. The van der Waals surface area contributed by atoms with Crippen LogP contribution in [0.5, 0.6) is 0 Å². The van der Waals surface area contributed by atoms with Crippen LogP contribution in [0.1, 0.15) is 11.5 Å². The van der Waals surface area contributed by atoms with Gasteiger partial charge in [-0.25, -0.2) is 0 Å². The van der Waals surface area contributed by atoms with Crippen LogP contribution in [-0.2, 0) is 0 Å². The van der Waals surface area contributed by atoms with Crippen molar-refractivity contribution in [1.82, 2.24) is 0 Å². The first-order chi connectivity index (χ1) is 37.2. The highest BCUT2D eigenvalue weighted by Crippen LogP contribution is 2.43. The van der Waals surface area contributed by atoms with Gasteiger partial charge in [0.15, 0.2) is 0 Å². The van der Waals surface area contributed by atoms with E-state index in [1.165, 1.54) is 262 Å². The quantitative estimate of drug-likeness (QED) is 0.0936. The molecule has 0 saturated carbocycles. The zero-order chi connectivity index (χ0) is 59.3. The Morgan fingerprint density at radius 3 is 0.725 bits per heavy atom. The summed E-state index contributed by atoms with van der Waals surface area (Å²) in [6.07, 6.45) is 0. The van der Waals surface area contributed by atoms with Gasteiger partial charge in [0.05, 0.1) is 0 Å². The van der Waals surface area contributed by atoms with Crippen LogP contribution in [-0.4, -0.2) is 243 Å². The highest BCUT2D eigenvalue weighted by atomic mass is 14.3. The third-order valence-electron chi connectivity index (χ3n) is 23.7. The molecule has 0 amide bonds. The second-order valence-electron chi connectivity index (χ2n) is 26.3. The molecular formula is C49H63B31. The minimum atomic E-state index is 0.107. The van der Waals surface area contributed by atoms with E-state index in [9.17, 15) is 0 Å². The molecule has 0 aliphatic heterocycles. The minimum absolute atomic E-state index is 0.107. The average Bonchev–Trinajstić information content (AvgIpc) is 3.74. The molecule has 1 aliphatic carbocycles. The van der Waals surface area contributed by atoms with Gasteiger partial charge in [-0.15, -0.1) is 60.1 Å². The average molecular weight is 987 g/mol. The number of hydrogen-bond acceptors (Lipinski definition) is 0. The summed E-state index contributed by atoms with van der Waals surface area (Å²) in [5, 5.41) is 14.5. The summed E-state index contributed by atoms with van der Waals surface area (Å²) >= 11 is 0. The summed E-state index contributed by atoms with van der Waals surface area (Å²) in [6.45, 7) is 0. The zero-order valence-electron chi connectivity index (χ0n) is 55.6. The van der Waals surface area contributed by atoms with Crippen molar-refractivity contribution < 1.29 is 0 Å². The smallest absolute Gasteiger partial charge is 0.102 e. The standard InChI is InChI=1S/C49H63B31/c50-19-9(7-8(28(59)44(75)43(74)27(7)58)10-13(19)36(67)46(77)45(76)29(10)60)14-32(63)30(61)12(31(62)33(14)64)2-5-3(23(54)39(70)41(72)25(5)56)1(4-6(2)26(57)42(73)40(71)24(4)55)11-20(51)15-16(21(11)52)34(65)35(66)17(22(15)53)18-37(68)47(78)49(80)48(79)38(18)69/h11H,50-80H2. The van der Waals surface area contributed by atoms with Gasteiger partial charge in [-0.05, 0) is 92.5 Å². The Kier molecular flexibility index (Phi) is 14.7. The SMILES string of the molecule is BC1=c2c(B)c(B)c(-c3c(B)c(B)c(B)c(B)c3B)c(B)c2=C(B)C1c1c2c(B)c(B)c(B)c(B)c2c(-c2c(B)c(B)c(-c3c(B)c4c(B)c(B)c(B)c(B)c4c4c(B)c(B)c(B)c(B)c34)c(B)c2B)c2c(B)c(B)c(B)c(B)c12. The maximum atomic E-state index is 2.50. The number of benzene rings is 9. The van der Waals surface area contributed by atoms with Crippen LogP contribution < -0.4 is 169 Å². The van der Waals surface area contributed by atoms with Crippen LogP contribution >= 0.6 is 0 Å². The summed E-state index contributed by atoms with van der Waals surface area (Å²) in [4.78, 5) is 0. The topological polar surface area (TPSA) is 0 Å². The van der Waals surface area contributed by atoms with Gasteiger partial charge in [-0.2, -0.15) is 0 Å². The van der Waals surface area contributed by atoms with E-state index in [0.717, 1.165) is 0 Å². The molecule has 0 fully saturated rings. The molecule has 10 rings (SSSR count). The van der Waals surface area contributed by atoms with E-state index in [-0.39, 0.29) is 5.92 Å². The lowest BCUT2D eigenvalue weighted by molar-refractivity contribution is 1.25. The van der Waals surface area contributed by atoms with Crippen molar-refractivity contribution in [2.75, 3.05) is 0 Å². The maximum absolute atomic E-state index is 2.50. The van der Waals surface area contributed by atoms with Crippen molar-refractivity contribution in [2.24, 2.45) is 0 Å². The van der Waals surface area contributed by atoms with Gasteiger partial charge in [0.2, 0.25) is 0 Å². The van der Waals surface area contributed by atoms with Crippen molar-refractivity contribution >= 4 is 456 Å². The molecule has 0 saturated heterocycles. The summed E-state index contributed by atoms with van der Waals surface area (Å²) < 4.78 is 0. The van der Waals surface area contributed by atoms with Crippen LogP contribution in [0.2, 0.25) is 0 Å². The normalized spacial score (nSPS) is 13.4. The summed E-state index contributed by atoms with van der Waals surface area (Å²) in [5.74, 6) is 0.107. The van der Waals surface area contributed by atoms with Crippen molar-refractivity contribution in [1.29, 1.82) is 0 Å². The first-order valence-electron chi connectivity index (χ1n) is 30.1. The molecule has 0 nitrogen and oxygen atoms in total. The molecule has 1 atom stereocenters. The van der Waals surface area contributed by atoms with Crippen molar-refractivity contribution in [2.45, 2.75) is 5.92 Å². The van der Waals surface area contributed by atoms with Gasteiger partial charge in [0.25, 0.3) is 0 Å². The molecule has 0 heterocycles. The van der Waals surface area contributed by atoms with Crippen LogP contribution in [0.3, 0.4) is 0 Å². The maximum Gasteiger partial charge on any atom is 0.140 e.